The van der Waals surface area contributed by atoms with Gasteiger partial charge in [-0.3, -0.25) is 14.0 Å². The molecule has 0 aliphatic rings. The van der Waals surface area contributed by atoms with E-state index in [1.54, 1.807) is 12.3 Å². The maximum atomic E-state index is 13.2. The van der Waals surface area contributed by atoms with Crippen LogP contribution in [0.1, 0.15) is 51.0 Å². The first-order valence-electron chi connectivity index (χ1n) is 11.1. The van der Waals surface area contributed by atoms with Crippen molar-refractivity contribution >= 4 is 22.5 Å². The zero-order valence-electron chi connectivity index (χ0n) is 18.6. The van der Waals surface area contributed by atoms with Gasteiger partial charge < -0.3 is 14.5 Å². The van der Waals surface area contributed by atoms with Gasteiger partial charge in [0, 0.05) is 25.1 Å². The average molecular weight is 437 g/mol. The van der Waals surface area contributed by atoms with E-state index in [1.807, 2.05) is 48.6 Å². The largest absolute Gasteiger partial charge is 0.494 e. The fourth-order valence-electron chi connectivity index (χ4n) is 3.83. The van der Waals surface area contributed by atoms with E-state index in [0.29, 0.717) is 42.9 Å². The van der Waals surface area contributed by atoms with E-state index < -0.39 is 6.04 Å². The third-order valence-corrected chi connectivity index (χ3v) is 5.50. The third-order valence-electron chi connectivity index (χ3n) is 5.50. The minimum absolute atomic E-state index is 0.241. The molecule has 0 aliphatic carbocycles. The molecule has 1 aromatic carbocycles. The number of benzene rings is 1. The topological polar surface area (TPSA) is 90.8 Å². The Hall–Kier alpha value is -3.55. The van der Waals surface area contributed by atoms with E-state index in [0.717, 1.165) is 23.3 Å². The number of aromatic nitrogens is 3. The number of amides is 1. The molecule has 0 radical (unpaired) electrons. The van der Waals surface area contributed by atoms with Gasteiger partial charge >= 0.3 is 0 Å². The quantitative estimate of drug-likeness (QED) is 0.430. The molecular weight excluding hydrogens is 408 g/mol. The summed E-state index contributed by atoms with van der Waals surface area (Å²) in [7, 11) is 0. The highest BCUT2D eigenvalue weighted by atomic mass is 16.5. The summed E-state index contributed by atoms with van der Waals surface area (Å²) in [5.41, 5.74) is 2.53. The van der Waals surface area contributed by atoms with E-state index in [2.05, 4.69) is 17.3 Å². The molecule has 4 rings (SSSR count). The number of hydrogen-bond donors (Lipinski definition) is 1. The van der Waals surface area contributed by atoms with Crippen LogP contribution >= 0.6 is 0 Å². The Bertz CT molecular complexity index is 1280. The van der Waals surface area contributed by atoms with Crippen molar-refractivity contribution in [2.45, 2.75) is 52.6 Å². The first-order chi connectivity index (χ1) is 15.6. The van der Waals surface area contributed by atoms with Gasteiger partial charge in [0.05, 0.1) is 18.4 Å². The van der Waals surface area contributed by atoms with Crippen LogP contribution in [0.2, 0.25) is 0 Å². The van der Waals surface area contributed by atoms with Crippen molar-refractivity contribution in [3.8, 4) is 5.75 Å². The van der Waals surface area contributed by atoms with Gasteiger partial charge in [-0.1, -0.05) is 32.9 Å². The van der Waals surface area contributed by atoms with Crippen molar-refractivity contribution in [1.29, 1.82) is 0 Å². The van der Waals surface area contributed by atoms with Crippen LogP contribution < -0.4 is 15.6 Å². The molecule has 32 heavy (non-hydrogen) atoms. The molecule has 3 heterocycles. The summed E-state index contributed by atoms with van der Waals surface area (Å²) in [6.45, 7) is 6.94. The van der Waals surface area contributed by atoms with Crippen LogP contribution in [-0.2, 0) is 17.8 Å². The SMILES string of the molecule is CCCOc1ccc(CNC(=O)[C@H](CC)n2nc(CC)n3c(cc4occc43)c2=O)cc1. The maximum absolute atomic E-state index is 13.2. The molecule has 0 saturated heterocycles. The highest BCUT2D eigenvalue weighted by Gasteiger charge is 2.24. The number of furan rings is 1. The number of ether oxygens (including phenoxy) is 1. The second-order valence-electron chi connectivity index (χ2n) is 7.69. The van der Waals surface area contributed by atoms with E-state index in [9.17, 15) is 9.59 Å². The van der Waals surface area contributed by atoms with E-state index >= 15 is 0 Å². The summed E-state index contributed by atoms with van der Waals surface area (Å²) < 4.78 is 14.2. The molecule has 0 unspecified atom stereocenters. The molecular formula is C24H28N4O4. The third kappa shape index (κ3) is 4.00. The molecule has 0 aliphatic heterocycles. The molecule has 0 saturated carbocycles. The van der Waals surface area contributed by atoms with Crippen molar-refractivity contribution in [1.82, 2.24) is 19.5 Å². The number of aryl methyl sites for hydroxylation is 1. The van der Waals surface area contributed by atoms with E-state index in [4.69, 9.17) is 9.15 Å². The molecule has 8 nitrogen and oxygen atoms in total. The smallest absolute Gasteiger partial charge is 0.291 e. The normalized spacial score (nSPS) is 12.3. The van der Waals surface area contributed by atoms with Crippen LogP contribution in [0.25, 0.3) is 16.6 Å². The molecule has 1 N–H and O–H groups in total. The highest BCUT2D eigenvalue weighted by molar-refractivity contribution is 5.83. The number of rotatable bonds is 9. The number of carbonyl (C=O) groups excluding carboxylic acids is 1. The van der Waals surface area contributed by atoms with Crippen LogP contribution in [0, 0.1) is 0 Å². The number of carbonyl (C=O) groups is 1. The molecule has 0 bridgehead atoms. The van der Waals surface area contributed by atoms with Gasteiger partial charge in [-0.25, -0.2) is 4.68 Å². The van der Waals surface area contributed by atoms with Crippen molar-refractivity contribution in [3.05, 3.63) is 64.4 Å². The minimum Gasteiger partial charge on any atom is -0.494 e. The lowest BCUT2D eigenvalue weighted by Gasteiger charge is -2.18. The lowest BCUT2D eigenvalue weighted by molar-refractivity contribution is -0.125. The van der Waals surface area contributed by atoms with Gasteiger partial charge in [-0.05, 0) is 30.5 Å². The van der Waals surface area contributed by atoms with Gasteiger partial charge in [-0.15, -0.1) is 0 Å². The predicted octanol–water partition coefficient (Wildman–Crippen LogP) is 3.86. The van der Waals surface area contributed by atoms with Gasteiger partial charge in [0.25, 0.3) is 5.56 Å². The molecule has 168 valence electrons. The molecule has 1 atom stereocenters. The van der Waals surface area contributed by atoms with Crippen LogP contribution in [0.15, 0.2) is 51.9 Å². The summed E-state index contributed by atoms with van der Waals surface area (Å²) in [4.78, 5) is 26.2. The molecule has 4 aromatic rings. The lowest BCUT2D eigenvalue weighted by atomic mass is 10.2. The maximum Gasteiger partial charge on any atom is 0.291 e. The van der Waals surface area contributed by atoms with Gasteiger partial charge in [-0.2, -0.15) is 5.10 Å². The fourth-order valence-corrected chi connectivity index (χ4v) is 3.83. The first kappa shape index (κ1) is 21.7. The lowest BCUT2D eigenvalue weighted by Crippen LogP contribution is -2.39. The van der Waals surface area contributed by atoms with Gasteiger partial charge in [0.2, 0.25) is 5.91 Å². The Morgan fingerprint density at radius 1 is 1.16 bits per heavy atom. The second kappa shape index (κ2) is 9.30. The van der Waals surface area contributed by atoms with Gasteiger partial charge in [0.15, 0.2) is 5.58 Å². The summed E-state index contributed by atoms with van der Waals surface area (Å²) >= 11 is 0. The summed E-state index contributed by atoms with van der Waals surface area (Å²) in [6.07, 6.45) is 3.59. The Morgan fingerprint density at radius 3 is 2.62 bits per heavy atom. The molecule has 1 amide bonds. The first-order valence-corrected chi connectivity index (χ1v) is 11.1. The minimum atomic E-state index is -0.703. The average Bonchev–Trinajstić information content (AvgIpc) is 3.41. The second-order valence-corrected chi connectivity index (χ2v) is 7.69. The summed E-state index contributed by atoms with van der Waals surface area (Å²) in [5, 5.41) is 7.50. The number of nitrogens with zero attached hydrogens (tertiary/aromatic N) is 3. The van der Waals surface area contributed by atoms with E-state index in [-0.39, 0.29) is 11.5 Å². The number of fused-ring (bicyclic) bond motifs is 3. The van der Waals surface area contributed by atoms with Crippen LogP contribution in [-0.4, -0.2) is 26.7 Å². The van der Waals surface area contributed by atoms with E-state index in [1.165, 1.54) is 4.68 Å². The van der Waals surface area contributed by atoms with Crippen LogP contribution in [0.4, 0.5) is 0 Å². The fraction of sp³-hybridized carbons (Fsp3) is 0.375. The zero-order chi connectivity index (χ0) is 22.7. The zero-order valence-corrected chi connectivity index (χ0v) is 18.6. The highest BCUT2D eigenvalue weighted by Crippen LogP contribution is 2.21. The molecule has 8 heteroatoms. The Kier molecular flexibility index (Phi) is 6.30. The Balaban J connectivity index is 1.57. The Morgan fingerprint density at radius 2 is 1.94 bits per heavy atom. The Labute approximate surface area is 185 Å². The van der Waals surface area contributed by atoms with Crippen molar-refractivity contribution in [2.75, 3.05) is 6.61 Å². The molecule has 0 spiro atoms. The number of hydrogen-bond acceptors (Lipinski definition) is 5. The van der Waals surface area contributed by atoms with Crippen molar-refractivity contribution in [3.63, 3.8) is 0 Å². The van der Waals surface area contributed by atoms with Gasteiger partial charge in [0.1, 0.15) is 23.1 Å². The van der Waals surface area contributed by atoms with Crippen LogP contribution in [0.3, 0.4) is 0 Å². The predicted molar refractivity (Wildman–Crippen MR) is 122 cm³/mol. The monoisotopic (exact) mass is 436 g/mol. The van der Waals surface area contributed by atoms with Crippen LogP contribution in [0.5, 0.6) is 5.75 Å². The standard InChI is InChI=1S/C24H28N4O4/c1-4-12-31-17-9-7-16(8-10-17)15-25-23(29)18(5-2)28-24(30)20-14-21-19(11-13-32-21)27(20)22(6-3)26-28/h7-11,13-14,18H,4-6,12,15H2,1-3H3,(H,25,29)/t18-/m0/s1. The summed E-state index contributed by atoms with van der Waals surface area (Å²) in [6, 6.07) is 10.5. The molecule has 3 aromatic heterocycles. The van der Waals surface area contributed by atoms with Crippen molar-refractivity contribution < 1.29 is 13.9 Å². The summed E-state index contributed by atoms with van der Waals surface area (Å²) in [5.74, 6) is 1.27. The molecule has 0 fully saturated rings. The number of nitrogens with one attached hydrogen (secondary N) is 1. The van der Waals surface area contributed by atoms with Crippen molar-refractivity contribution in [2.24, 2.45) is 0 Å².